The Morgan fingerprint density at radius 1 is 0.897 bits per heavy atom. The van der Waals surface area contributed by atoms with E-state index < -0.39 is 0 Å². The van der Waals surface area contributed by atoms with Crippen LogP contribution >= 0.6 is 0 Å². The molecule has 2 N–H and O–H groups in total. The number of aromatic amines is 2. The lowest BCUT2D eigenvalue weighted by molar-refractivity contribution is 0.237. The van der Waals surface area contributed by atoms with Gasteiger partial charge in [-0.05, 0) is 79.5 Å². The summed E-state index contributed by atoms with van der Waals surface area (Å²) in [5.41, 5.74) is 6.51. The van der Waals surface area contributed by atoms with Crippen molar-refractivity contribution in [3.8, 4) is 39.5 Å². The number of hydrogen-bond donors (Lipinski definition) is 2. The molecule has 0 radical (unpaired) electrons. The number of aromatic nitrogens is 6. The smallest absolute Gasteiger partial charge is 0.138 e. The molecule has 1 aromatic carbocycles. The second-order valence-corrected chi connectivity index (χ2v) is 9.80. The van der Waals surface area contributed by atoms with E-state index in [1.54, 1.807) is 24.8 Å². The molecule has 194 valence electrons. The zero-order valence-corrected chi connectivity index (χ0v) is 21.2. The van der Waals surface area contributed by atoms with Crippen molar-refractivity contribution >= 4 is 21.9 Å². The van der Waals surface area contributed by atoms with Crippen molar-refractivity contribution in [1.29, 1.82) is 0 Å². The Kier molecular flexibility index (Phi) is 5.97. The summed E-state index contributed by atoms with van der Waals surface area (Å²) >= 11 is 0. The molecule has 0 unspecified atom stereocenters. The third-order valence-electron chi connectivity index (χ3n) is 7.27. The van der Waals surface area contributed by atoms with Gasteiger partial charge < -0.3 is 9.72 Å². The molecular formula is C30H26FN7O. The predicted molar refractivity (Wildman–Crippen MR) is 149 cm³/mol. The Morgan fingerprint density at radius 3 is 2.64 bits per heavy atom. The van der Waals surface area contributed by atoms with Gasteiger partial charge in [-0.25, -0.2) is 9.37 Å². The molecule has 0 spiro atoms. The molecule has 1 aliphatic rings. The first kappa shape index (κ1) is 23.5. The number of nitrogens with zero attached hydrogens (tertiary/aromatic N) is 5. The minimum absolute atomic E-state index is 0.334. The van der Waals surface area contributed by atoms with Crippen molar-refractivity contribution in [3.63, 3.8) is 0 Å². The summed E-state index contributed by atoms with van der Waals surface area (Å²) in [7, 11) is 0. The standard InChI is InChI=1S/C30H26FN7O/c31-21-13-20(14-22(15-21)39-12-11-38-9-1-2-10-38)23-5-8-33-30-24(23)16-27(35-30)29-25-17-26(19-3-6-32-7-4-19)34-18-28(25)36-37-29/h3-8,13-18H,1-2,9-12H2,(H,33,35)(H,36,37). The second-order valence-electron chi connectivity index (χ2n) is 9.80. The van der Waals surface area contributed by atoms with E-state index in [0.29, 0.717) is 18.0 Å². The average molecular weight is 520 g/mol. The lowest BCUT2D eigenvalue weighted by Crippen LogP contribution is -2.25. The highest BCUT2D eigenvalue weighted by Crippen LogP contribution is 2.35. The molecule has 6 aromatic rings. The SMILES string of the molecule is Fc1cc(OCCN2CCCC2)cc(-c2ccnc3[nH]c(-c4n[nH]c5cnc(-c6ccncc6)cc45)cc23)c1. The third-order valence-corrected chi connectivity index (χ3v) is 7.27. The first-order chi connectivity index (χ1) is 19.2. The Morgan fingerprint density at radius 2 is 1.77 bits per heavy atom. The monoisotopic (exact) mass is 519 g/mol. The van der Waals surface area contributed by atoms with Gasteiger partial charge in [0.05, 0.1) is 23.1 Å². The van der Waals surface area contributed by atoms with E-state index in [2.05, 4.69) is 35.0 Å². The zero-order chi connectivity index (χ0) is 26.2. The van der Waals surface area contributed by atoms with Gasteiger partial charge in [0.25, 0.3) is 0 Å². The van der Waals surface area contributed by atoms with E-state index in [9.17, 15) is 4.39 Å². The number of halogens is 1. The van der Waals surface area contributed by atoms with E-state index in [4.69, 9.17) is 4.74 Å². The highest BCUT2D eigenvalue weighted by Gasteiger charge is 2.17. The summed E-state index contributed by atoms with van der Waals surface area (Å²) in [4.78, 5) is 19.0. The van der Waals surface area contributed by atoms with Gasteiger partial charge in [0.2, 0.25) is 0 Å². The van der Waals surface area contributed by atoms with Crippen LogP contribution in [0.4, 0.5) is 4.39 Å². The number of rotatable bonds is 7. The summed E-state index contributed by atoms with van der Waals surface area (Å²) in [5, 5.41) is 9.46. The summed E-state index contributed by atoms with van der Waals surface area (Å²) in [5.74, 6) is 0.193. The molecule has 7 rings (SSSR count). The number of hydrogen-bond acceptors (Lipinski definition) is 6. The summed E-state index contributed by atoms with van der Waals surface area (Å²) < 4.78 is 20.6. The second kappa shape index (κ2) is 9.92. The molecule has 6 heterocycles. The third kappa shape index (κ3) is 4.61. The van der Waals surface area contributed by atoms with Gasteiger partial charge in [0.15, 0.2) is 0 Å². The van der Waals surface area contributed by atoms with Crippen LogP contribution in [0.2, 0.25) is 0 Å². The van der Waals surface area contributed by atoms with Crippen molar-refractivity contribution < 1.29 is 9.13 Å². The van der Waals surface area contributed by atoms with Crippen LogP contribution in [0.3, 0.4) is 0 Å². The van der Waals surface area contributed by atoms with E-state index in [0.717, 1.165) is 69.7 Å². The Labute approximate surface area is 223 Å². The van der Waals surface area contributed by atoms with Gasteiger partial charge in [-0.15, -0.1) is 0 Å². The Hall–Kier alpha value is -4.63. The van der Waals surface area contributed by atoms with Crippen LogP contribution in [0.1, 0.15) is 12.8 Å². The van der Waals surface area contributed by atoms with Crippen LogP contribution in [0.15, 0.2) is 73.3 Å². The van der Waals surface area contributed by atoms with Gasteiger partial charge in [0, 0.05) is 47.5 Å². The number of likely N-dealkylation sites (tertiary alicyclic amines) is 1. The maximum absolute atomic E-state index is 14.7. The first-order valence-electron chi connectivity index (χ1n) is 13.1. The van der Waals surface area contributed by atoms with Crippen molar-refractivity contribution in [1.82, 2.24) is 35.0 Å². The average Bonchev–Trinajstić information content (AvgIpc) is 3.72. The van der Waals surface area contributed by atoms with Crippen molar-refractivity contribution in [3.05, 3.63) is 79.1 Å². The lowest BCUT2D eigenvalue weighted by atomic mass is 10.0. The van der Waals surface area contributed by atoms with Crippen LogP contribution in [0, 0.1) is 5.82 Å². The van der Waals surface area contributed by atoms with Crippen LogP contribution in [0.5, 0.6) is 5.75 Å². The van der Waals surface area contributed by atoms with E-state index in [1.807, 2.05) is 36.4 Å². The van der Waals surface area contributed by atoms with E-state index in [1.165, 1.54) is 25.0 Å². The Bertz CT molecular complexity index is 1770. The molecule has 8 nitrogen and oxygen atoms in total. The molecule has 0 aliphatic carbocycles. The van der Waals surface area contributed by atoms with E-state index in [-0.39, 0.29) is 5.82 Å². The molecular weight excluding hydrogens is 493 g/mol. The number of nitrogens with one attached hydrogen (secondary N) is 2. The van der Waals surface area contributed by atoms with Gasteiger partial charge in [-0.3, -0.25) is 20.0 Å². The normalized spacial score (nSPS) is 14.0. The predicted octanol–water partition coefficient (Wildman–Crippen LogP) is 5.84. The summed E-state index contributed by atoms with van der Waals surface area (Å²) in [6.45, 7) is 3.60. The van der Waals surface area contributed by atoms with Crippen LogP contribution in [0.25, 0.3) is 55.7 Å². The summed E-state index contributed by atoms with van der Waals surface area (Å²) in [6.07, 6.45) is 9.48. The minimum atomic E-state index is -0.334. The number of pyridine rings is 3. The molecule has 5 aromatic heterocycles. The fourth-order valence-electron chi connectivity index (χ4n) is 5.31. The quantitative estimate of drug-likeness (QED) is 0.275. The van der Waals surface area contributed by atoms with Gasteiger partial charge in [-0.2, -0.15) is 5.10 Å². The molecule has 0 bridgehead atoms. The minimum Gasteiger partial charge on any atom is -0.492 e. The van der Waals surface area contributed by atoms with Crippen molar-refractivity contribution in [2.75, 3.05) is 26.2 Å². The molecule has 39 heavy (non-hydrogen) atoms. The molecule has 1 aliphatic heterocycles. The van der Waals surface area contributed by atoms with Crippen LogP contribution in [-0.2, 0) is 0 Å². The zero-order valence-electron chi connectivity index (χ0n) is 21.2. The molecule has 0 atom stereocenters. The van der Waals surface area contributed by atoms with Crippen molar-refractivity contribution in [2.45, 2.75) is 12.8 Å². The molecule has 9 heteroatoms. The topological polar surface area (TPSA) is 95.6 Å². The molecule has 1 saturated heterocycles. The molecule has 1 fully saturated rings. The van der Waals surface area contributed by atoms with Gasteiger partial charge in [-0.1, -0.05) is 0 Å². The summed E-state index contributed by atoms with van der Waals surface area (Å²) in [6, 6.07) is 14.7. The number of ether oxygens (including phenoxy) is 1. The number of fused-ring (bicyclic) bond motifs is 2. The van der Waals surface area contributed by atoms with Crippen LogP contribution < -0.4 is 4.74 Å². The maximum Gasteiger partial charge on any atom is 0.138 e. The van der Waals surface area contributed by atoms with Crippen LogP contribution in [-0.4, -0.2) is 61.3 Å². The van der Waals surface area contributed by atoms with Gasteiger partial charge in [0.1, 0.15) is 29.5 Å². The fraction of sp³-hybridized carbons (Fsp3) is 0.200. The lowest BCUT2D eigenvalue weighted by Gasteiger charge is -2.15. The highest BCUT2D eigenvalue weighted by molar-refractivity contribution is 6.00. The number of H-pyrrole nitrogens is 2. The van der Waals surface area contributed by atoms with Crippen molar-refractivity contribution in [2.24, 2.45) is 0 Å². The molecule has 0 saturated carbocycles. The first-order valence-corrected chi connectivity index (χ1v) is 13.1. The maximum atomic E-state index is 14.7. The molecule has 0 amide bonds. The fourth-order valence-corrected chi connectivity index (χ4v) is 5.31. The Balaban J connectivity index is 1.23. The highest BCUT2D eigenvalue weighted by atomic mass is 19.1. The largest absolute Gasteiger partial charge is 0.492 e. The van der Waals surface area contributed by atoms with Gasteiger partial charge >= 0.3 is 0 Å². The number of benzene rings is 1. The van der Waals surface area contributed by atoms with E-state index >= 15 is 0 Å².